The van der Waals surface area contributed by atoms with Crippen LogP contribution in [0.5, 0.6) is 5.75 Å². The van der Waals surface area contributed by atoms with Crippen LogP contribution in [0, 0.1) is 6.92 Å². The van der Waals surface area contributed by atoms with Crippen LogP contribution in [0.15, 0.2) is 60.0 Å². The molecule has 2 heterocycles. The Labute approximate surface area is 256 Å². The molecule has 1 aromatic heterocycles. The third-order valence-corrected chi connectivity index (χ3v) is 8.44. The third-order valence-electron chi connectivity index (χ3n) is 7.42. The molecule has 4 rings (SSSR count). The van der Waals surface area contributed by atoms with E-state index in [1.807, 2.05) is 42.6 Å². The molecule has 43 heavy (non-hydrogen) atoms. The summed E-state index contributed by atoms with van der Waals surface area (Å²) in [5.41, 5.74) is 2.27. The van der Waals surface area contributed by atoms with Crippen LogP contribution in [0.1, 0.15) is 45.9 Å². The van der Waals surface area contributed by atoms with E-state index in [1.54, 1.807) is 54.6 Å². The van der Waals surface area contributed by atoms with Gasteiger partial charge in [0.15, 0.2) is 0 Å². The van der Waals surface area contributed by atoms with Gasteiger partial charge in [-0.25, -0.2) is 4.98 Å². The van der Waals surface area contributed by atoms with Crippen molar-refractivity contribution in [3.63, 3.8) is 0 Å². The number of likely N-dealkylation sites (N-methyl/N-ethyl adjacent to an activating group) is 2. The lowest BCUT2D eigenvalue weighted by molar-refractivity contribution is -0.140. The molecular formula is C32H39N5O5S. The van der Waals surface area contributed by atoms with Gasteiger partial charge in [0, 0.05) is 44.6 Å². The van der Waals surface area contributed by atoms with Crippen LogP contribution < -0.4 is 15.4 Å². The molecule has 2 aromatic carbocycles. The van der Waals surface area contributed by atoms with Gasteiger partial charge in [-0.15, -0.1) is 11.3 Å². The number of carbonyl (C=O) groups excluding carboxylic acids is 4. The van der Waals surface area contributed by atoms with Gasteiger partial charge in [-0.3, -0.25) is 19.2 Å². The summed E-state index contributed by atoms with van der Waals surface area (Å²) in [7, 11) is 3.27. The Morgan fingerprint density at radius 1 is 1.07 bits per heavy atom. The summed E-state index contributed by atoms with van der Waals surface area (Å²) in [6.45, 7) is 2.36. The summed E-state index contributed by atoms with van der Waals surface area (Å²) in [4.78, 5) is 60.4. The largest absolute Gasteiger partial charge is 0.491 e. The highest BCUT2D eigenvalue weighted by atomic mass is 32.1. The van der Waals surface area contributed by atoms with Crippen molar-refractivity contribution < 1.29 is 23.9 Å². The number of para-hydroxylation sites is 1. The summed E-state index contributed by atoms with van der Waals surface area (Å²) in [5, 5.41) is 8.71. The van der Waals surface area contributed by atoms with Crippen molar-refractivity contribution in [1.82, 2.24) is 25.4 Å². The number of amides is 4. The van der Waals surface area contributed by atoms with Gasteiger partial charge in [-0.2, -0.15) is 0 Å². The average Bonchev–Trinajstić information content (AvgIpc) is 3.43. The number of hydrogen-bond acceptors (Lipinski definition) is 7. The summed E-state index contributed by atoms with van der Waals surface area (Å²) in [5.74, 6) is -1.03. The van der Waals surface area contributed by atoms with Gasteiger partial charge in [0.1, 0.15) is 18.4 Å². The number of benzene rings is 2. The molecular weight excluding hydrogens is 566 g/mol. The predicted molar refractivity (Wildman–Crippen MR) is 165 cm³/mol. The lowest BCUT2D eigenvalue weighted by atomic mass is 10.1. The third kappa shape index (κ3) is 9.12. The highest BCUT2D eigenvalue weighted by Gasteiger charge is 2.28. The first-order valence-corrected chi connectivity index (χ1v) is 15.3. The molecule has 0 radical (unpaired) electrons. The van der Waals surface area contributed by atoms with Crippen LogP contribution in [0.25, 0.3) is 0 Å². The lowest BCUT2D eigenvalue weighted by Gasteiger charge is -2.30. The number of rotatable bonds is 7. The van der Waals surface area contributed by atoms with Crippen LogP contribution in [-0.4, -0.2) is 84.3 Å². The smallest absolute Gasteiger partial charge is 0.255 e. The molecule has 0 saturated carbocycles. The van der Waals surface area contributed by atoms with E-state index >= 15 is 0 Å². The van der Waals surface area contributed by atoms with Crippen molar-refractivity contribution in [2.45, 2.75) is 51.1 Å². The molecule has 1 aliphatic heterocycles. The average molecular weight is 606 g/mol. The highest BCUT2D eigenvalue weighted by Crippen LogP contribution is 2.21. The Hall–Kier alpha value is -4.25. The molecule has 0 unspecified atom stereocenters. The van der Waals surface area contributed by atoms with E-state index in [0.717, 1.165) is 22.7 Å². The van der Waals surface area contributed by atoms with E-state index < -0.39 is 11.9 Å². The van der Waals surface area contributed by atoms with E-state index in [4.69, 9.17) is 4.74 Å². The molecule has 2 N–H and O–H groups in total. The fourth-order valence-electron chi connectivity index (χ4n) is 4.82. The van der Waals surface area contributed by atoms with Crippen molar-refractivity contribution in [3.8, 4) is 5.75 Å². The standard InChI is InChI=1S/C32H39N5O5S/c1-22-21-43-28(34-22)14-9-17-33-32(41)26-15-16-29(38)36(2)19-30(39)37(3)24(18-23-10-5-4-6-11-23)20-42-27-13-8-7-12-25(27)31(40)35-26/h4-8,10-13,21,24,26H,9,14-20H2,1-3H3,(H,33,41)(H,35,40)/t24-,26+/m1/s1. The number of hydrogen-bond donors (Lipinski definition) is 2. The Kier molecular flexibility index (Phi) is 11.3. The minimum absolute atomic E-state index is 0.0180. The molecule has 0 fully saturated rings. The highest BCUT2D eigenvalue weighted by molar-refractivity contribution is 7.09. The first-order chi connectivity index (χ1) is 20.7. The lowest BCUT2D eigenvalue weighted by Crippen LogP contribution is -2.48. The van der Waals surface area contributed by atoms with Crippen LogP contribution >= 0.6 is 11.3 Å². The zero-order chi connectivity index (χ0) is 30.8. The molecule has 0 spiro atoms. The molecule has 11 heteroatoms. The Bertz CT molecular complexity index is 1410. The van der Waals surface area contributed by atoms with Gasteiger partial charge < -0.3 is 25.2 Å². The Balaban J connectivity index is 1.52. The van der Waals surface area contributed by atoms with Crippen molar-refractivity contribution in [2.75, 3.05) is 33.8 Å². The second kappa shape index (κ2) is 15.3. The summed E-state index contributed by atoms with van der Waals surface area (Å²) in [6.07, 6.45) is 2.01. The van der Waals surface area contributed by atoms with E-state index in [9.17, 15) is 19.2 Å². The number of ether oxygens (including phenoxy) is 1. The molecule has 228 valence electrons. The molecule has 3 aromatic rings. The summed E-state index contributed by atoms with van der Waals surface area (Å²) >= 11 is 1.59. The number of fused-ring (bicyclic) bond motifs is 1. The molecule has 4 amide bonds. The van der Waals surface area contributed by atoms with Gasteiger partial charge in [0.2, 0.25) is 17.7 Å². The minimum atomic E-state index is -0.950. The van der Waals surface area contributed by atoms with Crippen molar-refractivity contribution in [1.29, 1.82) is 0 Å². The van der Waals surface area contributed by atoms with Crippen LogP contribution in [-0.2, 0) is 27.2 Å². The zero-order valence-electron chi connectivity index (χ0n) is 24.9. The van der Waals surface area contributed by atoms with Crippen molar-refractivity contribution in [3.05, 3.63) is 81.8 Å². The number of aromatic nitrogens is 1. The second-order valence-electron chi connectivity index (χ2n) is 10.7. The van der Waals surface area contributed by atoms with Gasteiger partial charge in [-0.05, 0) is 43.9 Å². The van der Waals surface area contributed by atoms with Gasteiger partial charge in [0.05, 0.1) is 23.2 Å². The van der Waals surface area contributed by atoms with E-state index in [2.05, 4.69) is 15.6 Å². The zero-order valence-corrected chi connectivity index (χ0v) is 25.7. The van der Waals surface area contributed by atoms with Crippen molar-refractivity contribution >= 4 is 35.0 Å². The maximum absolute atomic E-state index is 13.5. The normalized spacial score (nSPS) is 18.6. The van der Waals surface area contributed by atoms with Gasteiger partial charge in [-0.1, -0.05) is 42.5 Å². The monoisotopic (exact) mass is 605 g/mol. The number of nitrogens with one attached hydrogen (secondary N) is 2. The molecule has 1 aliphatic rings. The first kappa shape index (κ1) is 31.7. The number of nitrogens with zero attached hydrogens (tertiary/aromatic N) is 3. The summed E-state index contributed by atoms with van der Waals surface area (Å²) < 4.78 is 6.16. The Morgan fingerprint density at radius 3 is 2.56 bits per heavy atom. The topological polar surface area (TPSA) is 121 Å². The predicted octanol–water partition coefficient (Wildman–Crippen LogP) is 3.00. The molecule has 0 saturated heterocycles. The van der Waals surface area contributed by atoms with Crippen LogP contribution in [0.2, 0.25) is 0 Å². The molecule has 0 bridgehead atoms. The SMILES string of the molecule is Cc1csc(CCCNC(=O)[C@@H]2CCC(=O)N(C)CC(=O)N(C)[C@H](Cc3ccccc3)COc3ccccc3C(=O)N2)n1. The molecule has 10 nitrogen and oxygen atoms in total. The van der Waals surface area contributed by atoms with Crippen molar-refractivity contribution in [2.24, 2.45) is 0 Å². The van der Waals surface area contributed by atoms with Gasteiger partial charge >= 0.3 is 0 Å². The first-order valence-electron chi connectivity index (χ1n) is 14.5. The molecule has 0 aliphatic carbocycles. The number of aryl methyl sites for hydroxylation is 2. The quantitative estimate of drug-likeness (QED) is 0.400. The van der Waals surface area contributed by atoms with Gasteiger partial charge in [0.25, 0.3) is 5.91 Å². The van der Waals surface area contributed by atoms with E-state index in [-0.39, 0.29) is 55.3 Å². The summed E-state index contributed by atoms with van der Waals surface area (Å²) in [6, 6.07) is 15.3. The second-order valence-corrected chi connectivity index (χ2v) is 11.7. The fraction of sp³-hybridized carbons (Fsp3) is 0.406. The maximum atomic E-state index is 13.5. The molecule has 2 atom stereocenters. The minimum Gasteiger partial charge on any atom is -0.491 e. The van der Waals surface area contributed by atoms with E-state index in [1.165, 1.54) is 4.90 Å². The fourth-order valence-corrected chi connectivity index (χ4v) is 5.64. The maximum Gasteiger partial charge on any atom is 0.255 e. The number of thiazole rings is 1. The Morgan fingerprint density at radius 2 is 1.81 bits per heavy atom. The van der Waals surface area contributed by atoms with E-state index in [0.29, 0.717) is 25.1 Å². The number of carbonyl (C=O) groups is 4. The van der Waals surface area contributed by atoms with Crippen LogP contribution in [0.3, 0.4) is 0 Å². The van der Waals surface area contributed by atoms with Crippen LogP contribution in [0.4, 0.5) is 0 Å².